The van der Waals surface area contributed by atoms with Gasteiger partial charge in [-0.3, -0.25) is 4.79 Å². The molecule has 0 spiro atoms. The summed E-state index contributed by atoms with van der Waals surface area (Å²) in [5.41, 5.74) is 6.25. The van der Waals surface area contributed by atoms with Crippen molar-refractivity contribution in [2.24, 2.45) is 0 Å². The third-order valence-electron chi connectivity index (χ3n) is 2.11. The van der Waals surface area contributed by atoms with Gasteiger partial charge in [0.25, 0.3) is 0 Å². The van der Waals surface area contributed by atoms with Gasteiger partial charge in [0, 0.05) is 18.5 Å². The Labute approximate surface area is 80.4 Å². The lowest BCUT2D eigenvalue weighted by Crippen LogP contribution is -2.42. The van der Waals surface area contributed by atoms with Crippen LogP contribution in [-0.4, -0.2) is 28.9 Å². The summed E-state index contributed by atoms with van der Waals surface area (Å²) >= 11 is 1.38. The molecule has 0 aromatic carbocycles. The number of rotatable bonds is 2. The zero-order valence-electron chi connectivity index (χ0n) is 7.19. The molecule has 0 aliphatic carbocycles. The molecule has 1 aromatic heterocycles. The fraction of sp³-hybridized carbons (Fsp3) is 0.500. The number of nitrogens with two attached hydrogens (primary N) is 1. The van der Waals surface area contributed by atoms with Crippen molar-refractivity contribution in [1.82, 2.24) is 9.88 Å². The van der Waals surface area contributed by atoms with Crippen LogP contribution in [0.2, 0.25) is 0 Å². The normalized spacial score (nSPS) is 15.5. The molecule has 5 heteroatoms. The molecular weight excluding hydrogens is 186 g/mol. The lowest BCUT2D eigenvalue weighted by Gasteiger charge is -2.30. The van der Waals surface area contributed by atoms with Crippen molar-refractivity contribution in [1.29, 1.82) is 0 Å². The molecule has 0 radical (unpaired) electrons. The van der Waals surface area contributed by atoms with Gasteiger partial charge in [-0.25, -0.2) is 4.98 Å². The van der Waals surface area contributed by atoms with Gasteiger partial charge in [0.05, 0.1) is 12.1 Å². The largest absolute Gasteiger partial charge is 0.375 e. The first-order valence-corrected chi connectivity index (χ1v) is 5.11. The highest BCUT2D eigenvalue weighted by molar-refractivity contribution is 7.13. The van der Waals surface area contributed by atoms with Gasteiger partial charge >= 0.3 is 0 Å². The zero-order chi connectivity index (χ0) is 9.26. The van der Waals surface area contributed by atoms with Gasteiger partial charge in [-0.2, -0.15) is 0 Å². The smallest absolute Gasteiger partial charge is 0.228 e. The lowest BCUT2D eigenvalue weighted by atomic mass is 10.2. The predicted octanol–water partition coefficient (Wildman–Crippen LogP) is 0.500. The lowest BCUT2D eigenvalue weighted by molar-refractivity contribution is -0.133. The van der Waals surface area contributed by atoms with Crippen molar-refractivity contribution in [3.05, 3.63) is 11.1 Å². The van der Waals surface area contributed by atoms with E-state index in [1.54, 1.807) is 0 Å². The van der Waals surface area contributed by atoms with E-state index in [2.05, 4.69) is 4.98 Å². The molecule has 0 atom stereocenters. The summed E-state index contributed by atoms with van der Waals surface area (Å²) < 4.78 is 0. The topological polar surface area (TPSA) is 59.2 Å². The van der Waals surface area contributed by atoms with E-state index in [0.717, 1.165) is 25.2 Å². The molecule has 0 unspecified atom stereocenters. The number of nitrogens with zero attached hydrogens (tertiary/aromatic N) is 2. The van der Waals surface area contributed by atoms with Crippen molar-refractivity contribution in [3.8, 4) is 0 Å². The Bertz CT molecular complexity index is 319. The molecule has 1 saturated heterocycles. The standard InChI is InChI=1S/C8H11N3OS/c9-8-10-6(5-13-8)4-7(12)11-2-1-3-11/h5H,1-4H2,(H2,9,10). The van der Waals surface area contributed by atoms with Crippen LogP contribution in [0.3, 0.4) is 0 Å². The molecule has 4 nitrogen and oxygen atoms in total. The Morgan fingerprint density at radius 3 is 2.92 bits per heavy atom. The van der Waals surface area contributed by atoms with Crippen molar-refractivity contribution in [3.63, 3.8) is 0 Å². The molecule has 13 heavy (non-hydrogen) atoms. The molecule has 0 saturated carbocycles. The van der Waals surface area contributed by atoms with E-state index in [1.807, 2.05) is 10.3 Å². The van der Waals surface area contributed by atoms with Gasteiger partial charge in [-0.1, -0.05) is 0 Å². The van der Waals surface area contributed by atoms with Crippen molar-refractivity contribution >= 4 is 22.4 Å². The number of aromatic nitrogens is 1. The monoisotopic (exact) mass is 197 g/mol. The number of amides is 1. The molecule has 70 valence electrons. The van der Waals surface area contributed by atoms with E-state index in [4.69, 9.17) is 5.73 Å². The average Bonchev–Trinajstić information content (AvgIpc) is 2.31. The van der Waals surface area contributed by atoms with Crippen LogP contribution in [0, 0.1) is 0 Å². The molecular formula is C8H11N3OS. The summed E-state index contributed by atoms with van der Waals surface area (Å²) in [6.07, 6.45) is 1.53. The SMILES string of the molecule is Nc1nc(CC(=O)N2CCC2)cs1. The molecule has 2 heterocycles. The molecule has 0 bridgehead atoms. The minimum Gasteiger partial charge on any atom is -0.375 e. The van der Waals surface area contributed by atoms with Gasteiger partial charge in [-0.15, -0.1) is 11.3 Å². The van der Waals surface area contributed by atoms with Crippen LogP contribution in [0.4, 0.5) is 5.13 Å². The van der Waals surface area contributed by atoms with Gasteiger partial charge in [0.2, 0.25) is 5.91 Å². The number of nitrogen functional groups attached to an aromatic ring is 1. The second-order valence-corrected chi connectivity index (χ2v) is 3.98. The Balaban J connectivity index is 1.93. The minimum absolute atomic E-state index is 0.163. The Morgan fingerprint density at radius 1 is 1.69 bits per heavy atom. The van der Waals surface area contributed by atoms with Gasteiger partial charge in [0.15, 0.2) is 5.13 Å². The summed E-state index contributed by atoms with van der Waals surface area (Å²) in [5.74, 6) is 0.163. The maximum atomic E-state index is 11.5. The van der Waals surface area contributed by atoms with Gasteiger partial charge < -0.3 is 10.6 Å². The van der Waals surface area contributed by atoms with Crippen molar-refractivity contribution in [2.45, 2.75) is 12.8 Å². The van der Waals surface area contributed by atoms with E-state index >= 15 is 0 Å². The number of likely N-dealkylation sites (tertiary alicyclic amines) is 1. The summed E-state index contributed by atoms with van der Waals surface area (Å²) in [6, 6.07) is 0. The summed E-state index contributed by atoms with van der Waals surface area (Å²) in [4.78, 5) is 17.3. The third-order valence-corrected chi connectivity index (χ3v) is 2.83. The maximum absolute atomic E-state index is 11.5. The maximum Gasteiger partial charge on any atom is 0.228 e. The van der Waals surface area contributed by atoms with Crippen molar-refractivity contribution in [2.75, 3.05) is 18.8 Å². The highest BCUT2D eigenvalue weighted by Crippen LogP contribution is 2.14. The summed E-state index contributed by atoms with van der Waals surface area (Å²) in [6.45, 7) is 1.80. The molecule has 1 amide bonds. The summed E-state index contributed by atoms with van der Waals surface area (Å²) in [5, 5.41) is 2.37. The van der Waals surface area contributed by atoms with Crippen LogP contribution in [0.25, 0.3) is 0 Å². The predicted molar refractivity (Wildman–Crippen MR) is 51.4 cm³/mol. The first-order chi connectivity index (χ1) is 6.25. The van der Waals surface area contributed by atoms with Crippen LogP contribution in [-0.2, 0) is 11.2 Å². The van der Waals surface area contributed by atoms with Crippen LogP contribution in [0.1, 0.15) is 12.1 Å². The molecule has 1 aromatic rings. The highest BCUT2D eigenvalue weighted by Gasteiger charge is 2.20. The Morgan fingerprint density at radius 2 is 2.46 bits per heavy atom. The quantitative estimate of drug-likeness (QED) is 0.751. The van der Waals surface area contributed by atoms with E-state index < -0.39 is 0 Å². The summed E-state index contributed by atoms with van der Waals surface area (Å²) in [7, 11) is 0. The van der Waals surface area contributed by atoms with E-state index in [9.17, 15) is 4.79 Å². The number of hydrogen-bond donors (Lipinski definition) is 1. The van der Waals surface area contributed by atoms with Crippen LogP contribution in [0.15, 0.2) is 5.38 Å². The Hall–Kier alpha value is -1.10. The number of carbonyl (C=O) groups is 1. The molecule has 1 aliphatic rings. The van der Waals surface area contributed by atoms with Crippen LogP contribution >= 0.6 is 11.3 Å². The van der Waals surface area contributed by atoms with Crippen LogP contribution in [0.5, 0.6) is 0 Å². The second kappa shape index (κ2) is 3.33. The number of hydrogen-bond acceptors (Lipinski definition) is 4. The van der Waals surface area contributed by atoms with E-state index in [0.29, 0.717) is 11.6 Å². The fourth-order valence-corrected chi connectivity index (χ4v) is 1.80. The zero-order valence-corrected chi connectivity index (χ0v) is 8.01. The first-order valence-electron chi connectivity index (χ1n) is 4.23. The number of anilines is 1. The Kier molecular flexibility index (Phi) is 2.18. The van der Waals surface area contributed by atoms with E-state index in [-0.39, 0.29) is 5.91 Å². The first kappa shape index (κ1) is 8.50. The molecule has 2 rings (SSSR count). The van der Waals surface area contributed by atoms with Crippen LogP contribution < -0.4 is 5.73 Å². The van der Waals surface area contributed by atoms with E-state index in [1.165, 1.54) is 11.3 Å². The van der Waals surface area contributed by atoms with Gasteiger partial charge in [0.1, 0.15) is 0 Å². The minimum atomic E-state index is 0.163. The average molecular weight is 197 g/mol. The molecule has 2 N–H and O–H groups in total. The van der Waals surface area contributed by atoms with Crippen molar-refractivity contribution < 1.29 is 4.79 Å². The fourth-order valence-electron chi connectivity index (χ4n) is 1.24. The van der Waals surface area contributed by atoms with Gasteiger partial charge in [-0.05, 0) is 6.42 Å². The molecule has 1 fully saturated rings. The number of thiazole rings is 1. The second-order valence-electron chi connectivity index (χ2n) is 3.09. The highest BCUT2D eigenvalue weighted by atomic mass is 32.1. The molecule has 1 aliphatic heterocycles. The number of carbonyl (C=O) groups excluding carboxylic acids is 1. The third kappa shape index (κ3) is 1.80.